The Bertz CT molecular complexity index is 516. The third-order valence-electron chi connectivity index (χ3n) is 3.79. The van der Waals surface area contributed by atoms with Crippen molar-refractivity contribution in [2.75, 3.05) is 26.2 Å². The van der Waals surface area contributed by atoms with E-state index in [1.165, 1.54) is 16.7 Å². The van der Waals surface area contributed by atoms with Crippen molar-refractivity contribution in [1.82, 2.24) is 4.90 Å². The van der Waals surface area contributed by atoms with E-state index in [9.17, 15) is 0 Å². The molecule has 2 N–H and O–H groups in total. The summed E-state index contributed by atoms with van der Waals surface area (Å²) in [5.41, 5.74) is 9.37. The average Bonchev–Trinajstić information content (AvgIpc) is 2.53. The minimum absolute atomic E-state index is 0.665. The van der Waals surface area contributed by atoms with Gasteiger partial charge in [-0.1, -0.05) is 24.3 Å². The number of nitrogens with two attached hydrogens (primary N) is 1. The second-order valence-corrected chi connectivity index (χ2v) is 5.19. The van der Waals surface area contributed by atoms with Gasteiger partial charge in [-0.05, 0) is 50.4 Å². The highest BCUT2D eigenvalue weighted by atomic mass is 16.5. The molecule has 0 saturated carbocycles. The minimum Gasteiger partial charge on any atom is -0.493 e. The molecule has 2 rings (SSSR count). The summed E-state index contributed by atoms with van der Waals surface area (Å²) in [6.07, 6.45) is 8.54. The molecule has 0 aliphatic heterocycles. The van der Waals surface area contributed by atoms with Gasteiger partial charge in [-0.3, -0.25) is 0 Å². The van der Waals surface area contributed by atoms with E-state index in [2.05, 4.69) is 49.2 Å². The van der Waals surface area contributed by atoms with Crippen molar-refractivity contribution in [3.8, 4) is 5.75 Å². The van der Waals surface area contributed by atoms with Crippen molar-refractivity contribution in [3.05, 3.63) is 41.6 Å². The van der Waals surface area contributed by atoms with Gasteiger partial charge in [0.1, 0.15) is 5.75 Å². The van der Waals surface area contributed by atoms with Gasteiger partial charge in [0, 0.05) is 24.9 Å². The first-order valence-corrected chi connectivity index (χ1v) is 7.87. The highest BCUT2D eigenvalue weighted by Crippen LogP contribution is 2.34. The van der Waals surface area contributed by atoms with Gasteiger partial charge >= 0.3 is 0 Å². The van der Waals surface area contributed by atoms with Crippen molar-refractivity contribution in [2.24, 2.45) is 5.73 Å². The number of benzene rings is 1. The van der Waals surface area contributed by atoms with E-state index < -0.39 is 0 Å². The molecule has 0 radical (unpaired) electrons. The van der Waals surface area contributed by atoms with Crippen LogP contribution in [0.4, 0.5) is 0 Å². The van der Waals surface area contributed by atoms with Crippen LogP contribution < -0.4 is 10.5 Å². The minimum atomic E-state index is 0.665. The SMILES string of the molecule is CCN(C=C1CC=Cc2c(OCCCN)cccc21)CC. The van der Waals surface area contributed by atoms with Crippen LogP contribution in [0.5, 0.6) is 5.75 Å². The Hall–Kier alpha value is -1.74. The summed E-state index contributed by atoms with van der Waals surface area (Å²) >= 11 is 0. The molecule has 0 heterocycles. The first-order chi connectivity index (χ1) is 10.3. The number of allylic oxidation sites excluding steroid dienone is 2. The van der Waals surface area contributed by atoms with Crippen molar-refractivity contribution in [2.45, 2.75) is 26.7 Å². The van der Waals surface area contributed by atoms with E-state index in [0.717, 1.165) is 31.7 Å². The van der Waals surface area contributed by atoms with E-state index in [4.69, 9.17) is 10.5 Å². The largest absolute Gasteiger partial charge is 0.493 e. The Morgan fingerprint density at radius 2 is 2.10 bits per heavy atom. The summed E-state index contributed by atoms with van der Waals surface area (Å²) < 4.78 is 5.88. The Labute approximate surface area is 128 Å². The molecule has 0 aromatic heterocycles. The molecule has 0 spiro atoms. The molecular formula is C18H26N2O. The molecule has 114 valence electrons. The van der Waals surface area contributed by atoms with Crippen LogP contribution in [-0.4, -0.2) is 31.1 Å². The summed E-state index contributed by atoms with van der Waals surface area (Å²) in [5.74, 6) is 0.961. The maximum Gasteiger partial charge on any atom is 0.127 e. The highest BCUT2D eigenvalue weighted by Gasteiger charge is 2.14. The lowest BCUT2D eigenvalue weighted by molar-refractivity contribution is 0.312. The number of nitrogens with zero attached hydrogens (tertiary/aromatic N) is 1. The third-order valence-corrected chi connectivity index (χ3v) is 3.79. The van der Waals surface area contributed by atoms with Crippen LogP contribution in [0.15, 0.2) is 30.5 Å². The fraction of sp³-hybridized carbons (Fsp3) is 0.444. The molecule has 3 nitrogen and oxygen atoms in total. The quantitative estimate of drug-likeness (QED) is 0.780. The van der Waals surface area contributed by atoms with E-state index in [0.29, 0.717) is 13.2 Å². The predicted molar refractivity (Wildman–Crippen MR) is 90.2 cm³/mol. The van der Waals surface area contributed by atoms with Crippen molar-refractivity contribution in [3.63, 3.8) is 0 Å². The molecular weight excluding hydrogens is 260 g/mol. The van der Waals surface area contributed by atoms with E-state index in [1.807, 2.05) is 6.07 Å². The molecule has 0 atom stereocenters. The molecule has 1 aromatic rings. The highest BCUT2D eigenvalue weighted by molar-refractivity contribution is 5.81. The summed E-state index contributed by atoms with van der Waals surface area (Å²) in [7, 11) is 0. The lowest BCUT2D eigenvalue weighted by atomic mass is 9.92. The number of hydrogen-bond acceptors (Lipinski definition) is 3. The third kappa shape index (κ3) is 3.88. The zero-order valence-corrected chi connectivity index (χ0v) is 13.1. The molecule has 21 heavy (non-hydrogen) atoms. The molecule has 1 aromatic carbocycles. The molecule has 0 unspecified atom stereocenters. The zero-order valence-electron chi connectivity index (χ0n) is 13.1. The Morgan fingerprint density at radius 3 is 2.81 bits per heavy atom. The van der Waals surface area contributed by atoms with Crippen molar-refractivity contribution >= 4 is 11.6 Å². The second-order valence-electron chi connectivity index (χ2n) is 5.19. The van der Waals surface area contributed by atoms with E-state index >= 15 is 0 Å². The molecule has 0 bridgehead atoms. The molecule has 1 aliphatic rings. The van der Waals surface area contributed by atoms with Gasteiger partial charge in [-0.25, -0.2) is 0 Å². The van der Waals surface area contributed by atoms with Gasteiger partial charge in [-0.15, -0.1) is 0 Å². The summed E-state index contributed by atoms with van der Waals surface area (Å²) in [6.45, 7) is 7.78. The summed E-state index contributed by atoms with van der Waals surface area (Å²) in [6, 6.07) is 6.30. The Morgan fingerprint density at radius 1 is 1.29 bits per heavy atom. The maximum absolute atomic E-state index is 5.88. The topological polar surface area (TPSA) is 38.5 Å². The maximum atomic E-state index is 5.88. The van der Waals surface area contributed by atoms with Crippen molar-refractivity contribution < 1.29 is 4.74 Å². The molecule has 0 saturated heterocycles. The Balaban J connectivity index is 2.27. The van der Waals surface area contributed by atoms with Gasteiger partial charge in [-0.2, -0.15) is 0 Å². The van der Waals surface area contributed by atoms with Gasteiger partial charge < -0.3 is 15.4 Å². The smallest absolute Gasteiger partial charge is 0.127 e. The standard InChI is InChI=1S/C18H26N2O/c1-3-20(4-2)14-15-8-5-10-17-16(15)9-6-11-18(17)21-13-7-12-19/h5-6,9-11,14H,3-4,7-8,12-13,19H2,1-2H3. The predicted octanol–water partition coefficient (Wildman–Crippen LogP) is 3.51. The van der Waals surface area contributed by atoms with Crippen LogP contribution in [0.1, 0.15) is 37.8 Å². The molecule has 0 amide bonds. The van der Waals surface area contributed by atoms with Gasteiger partial charge in [0.25, 0.3) is 0 Å². The van der Waals surface area contributed by atoms with Gasteiger partial charge in [0.05, 0.1) is 6.61 Å². The normalized spacial score (nSPS) is 15.1. The van der Waals surface area contributed by atoms with Crippen LogP contribution in [0, 0.1) is 0 Å². The van der Waals surface area contributed by atoms with E-state index in [1.54, 1.807) is 0 Å². The fourth-order valence-electron chi connectivity index (χ4n) is 2.55. The monoisotopic (exact) mass is 286 g/mol. The molecule has 3 heteroatoms. The van der Waals surface area contributed by atoms with Crippen LogP contribution in [0.25, 0.3) is 11.6 Å². The van der Waals surface area contributed by atoms with Crippen molar-refractivity contribution in [1.29, 1.82) is 0 Å². The van der Waals surface area contributed by atoms with Crippen LogP contribution >= 0.6 is 0 Å². The Kier molecular flexibility index (Phi) is 5.88. The zero-order chi connectivity index (χ0) is 15.1. The fourth-order valence-corrected chi connectivity index (χ4v) is 2.55. The van der Waals surface area contributed by atoms with Gasteiger partial charge in [0.2, 0.25) is 0 Å². The summed E-state index contributed by atoms with van der Waals surface area (Å²) in [4.78, 5) is 2.33. The number of fused-ring (bicyclic) bond motifs is 1. The number of rotatable bonds is 7. The lowest BCUT2D eigenvalue weighted by Gasteiger charge is -2.22. The van der Waals surface area contributed by atoms with E-state index in [-0.39, 0.29) is 0 Å². The molecule has 1 aliphatic carbocycles. The first-order valence-electron chi connectivity index (χ1n) is 7.87. The number of ether oxygens (including phenoxy) is 1. The van der Waals surface area contributed by atoms with Crippen LogP contribution in [0.3, 0.4) is 0 Å². The first kappa shape index (κ1) is 15.6. The summed E-state index contributed by atoms with van der Waals surface area (Å²) in [5, 5.41) is 0. The van der Waals surface area contributed by atoms with Crippen LogP contribution in [0.2, 0.25) is 0 Å². The van der Waals surface area contributed by atoms with Crippen LogP contribution in [-0.2, 0) is 0 Å². The average molecular weight is 286 g/mol. The van der Waals surface area contributed by atoms with Gasteiger partial charge in [0.15, 0.2) is 0 Å². The lowest BCUT2D eigenvalue weighted by Crippen LogP contribution is -2.16. The number of hydrogen-bond donors (Lipinski definition) is 1. The second kappa shape index (κ2) is 7.89. The molecule has 0 fully saturated rings.